The van der Waals surface area contributed by atoms with Crippen LogP contribution in [-0.4, -0.2) is 88.6 Å². The highest BCUT2D eigenvalue weighted by atomic mass is 35.5. The molecule has 1 spiro atoms. The van der Waals surface area contributed by atoms with Crippen LogP contribution in [0.4, 0.5) is 5.69 Å². The second kappa shape index (κ2) is 13.3. The van der Waals surface area contributed by atoms with Gasteiger partial charge in [0, 0.05) is 30.7 Å². The van der Waals surface area contributed by atoms with Crippen molar-refractivity contribution in [3.8, 4) is 0 Å². The van der Waals surface area contributed by atoms with Gasteiger partial charge in [0.1, 0.15) is 23.7 Å². The number of hydrogen-bond acceptors (Lipinski definition) is 7. The number of hydrogen-bond donors (Lipinski definition) is 1. The van der Waals surface area contributed by atoms with Crippen molar-refractivity contribution in [2.24, 2.45) is 11.8 Å². The highest BCUT2D eigenvalue weighted by molar-refractivity contribution is 6.30. The standard InChI is InChI=1S/C36H40ClN3O7/c1-4-25(21-41)40-32-34(44)39(26-17-15-24(37)16-18-26)20-10-19-36(32)30(33(40)43)29-27(47-36)13-8-9-14-28(42)38(3)22(2)31(46-35(29)45)23-11-6-5-7-12-23/h5-8,10-13,15-19,22,25,27,29-32,41H,4,9,14,20-21H2,1-3H3/b13-8-/t22-,25-,27-,29+,30+,31+,32-,36+/m0/s1. The van der Waals surface area contributed by atoms with Gasteiger partial charge in [0.15, 0.2) is 0 Å². The summed E-state index contributed by atoms with van der Waals surface area (Å²) in [4.78, 5) is 61.5. The van der Waals surface area contributed by atoms with Crippen LogP contribution in [0.25, 0.3) is 0 Å². The summed E-state index contributed by atoms with van der Waals surface area (Å²) < 4.78 is 13.1. The highest BCUT2D eigenvalue weighted by Gasteiger charge is 2.72. The van der Waals surface area contributed by atoms with Crippen molar-refractivity contribution in [1.29, 1.82) is 0 Å². The molecule has 2 fully saturated rings. The summed E-state index contributed by atoms with van der Waals surface area (Å²) in [5.41, 5.74) is -0.221. The lowest BCUT2D eigenvalue weighted by Gasteiger charge is -2.38. The predicted octanol–water partition coefficient (Wildman–Crippen LogP) is 4.08. The predicted molar refractivity (Wildman–Crippen MR) is 175 cm³/mol. The SMILES string of the molecule is CC[C@@H](CO)N1C(=O)[C@H]2[C@@H]3C(=O)O[C@@H](c4ccccc4)[C@H](C)N(C)C(=O)CC/C=C\[C@@H]3O[C@]23C=CCN(c2ccc(Cl)cc2)C(=O)[C@H]13. The fraction of sp³-hybridized carbons (Fsp3) is 0.444. The minimum Gasteiger partial charge on any atom is -0.455 e. The fourth-order valence-corrected chi connectivity index (χ4v) is 7.61. The summed E-state index contributed by atoms with van der Waals surface area (Å²) in [6.45, 7) is 3.50. The summed E-state index contributed by atoms with van der Waals surface area (Å²) in [6, 6.07) is 13.7. The fourth-order valence-electron chi connectivity index (χ4n) is 7.49. The lowest BCUT2D eigenvalue weighted by atomic mass is 9.77. The number of amides is 3. The van der Waals surface area contributed by atoms with Crippen molar-refractivity contribution in [2.45, 2.75) is 69.0 Å². The van der Waals surface area contributed by atoms with Gasteiger partial charge in [-0.3, -0.25) is 19.2 Å². The number of benzene rings is 2. The molecule has 4 aliphatic heterocycles. The first-order valence-electron chi connectivity index (χ1n) is 16.2. The second-order valence-corrected chi connectivity index (χ2v) is 13.1. The molecule has 2 aromatic carbocycles. The molecule has 8 atom stereocenters. The van der Waals surface area contributed by atoms with E-state index in [-0.39, 0.29) is 25.5 Å². The Bertz CT molecular complexity index is 1580. The number of carbonyl (C=O) groups excluding carboxylic acids is 4. The monoisotopic (exact) mass is 661 g/mol. The Labute approximate surface area is 279 Å². The first-order valence-corrected chi connectivity index (χ1v) is 16.5. The third-order valence-corrected chi connectivity index (χ3v) is 10.3. The molecule has 3 amide bonds. The molecule has 47 heavy (non-hydrogen) atoms. The van der Waals surface area contributed by atoms with Gasteiger partial charge >= 0.3 is 5.97 Å². The first kappa shape index (κ1) is 32.9. The summed E-state index contributed by atoms with van der Waals surface area (Å²) >= 11 is 6.14. The molecular formula is C36H40ClN3O7. The van der Waals surface area contributed by atoms with Crippen molar-refractivity contribution in [3.05, 3.63) is 89.5 Å². The van der Waals surface area contributed by atoms with Crippen molar-refractivity contribution in [2.75, 3.05) is 25.1 Å². The number of likely N-dealkylation sites (tertiary alicyclic amines) is 1. The molecule has 0 bridgehead atoms. The maximum atomic E-state index is 14.7. The maximum absolute atomic E-state index is 14.7. The number of allylic oxidation sites excluding steroid dienone is 1. The van der Waals surface area contributed by atoms with E-state index in [2.05, 4.69) is 0 Å². The zero-order valence-corrected chi connectivity index (χ0v) is 27.5. The summed E-state index contributed by atoms with van der Waals surface area (Å²) in [7, 11) is 1.69. The number of rotatable bonds is 5. The zero-order chi connectivity index (χ0) is 33.5. The number of nitrogens with zero attached hydrogens (tertiary/aromatic N) is 3. The van der Waals surface area contributed by atoms with Gasteiger partial charge in [0.2, 0.25) is 11.8 Å². The number of aliphatic hydroxyl groups is 1. The van der Waals surface area contributed by atoms with Crippen LogP contribution in [0, 0.1) is 11.8 Å². The molecule has 0 aromatic heterocycles. The van der Waals surface area contributed by atoms with Crippen LogP contribution < -0.4 is 4.90 Å². The third-order valence-electron chi connectivity index (χ3n) is 10.1. The van der Waals surface area contributed by atoms with E-state index < -0.39 is 65.6 Å². The normalized spacial score (nSPS) is 32.5. The topological polar surface area (TPSA) is 117 Å². The number of fused-ring (bicyclic) bond motifs is 2. The average Bonchev–Trinajstić information content (AvgIpc) is 3.47. The molecule has 2 aromatic rings. The number of esters is 1. The van der Waals surface area contributed by atoms with Crippen LogP contribution in [0.3, 0.4) is 0 Å². The molecule has 4 aliphatic rings. The zero-order valence-electron chi connectivity index (χ0n) is 26.7. The van der Waals surface area contributed by atoms with Crippen molar-refractivity contribution >= 4 is 41.0 Å². The van der Waals surface area contributed by atoms with Crippen LogP contribution in [0.15, 0.2) is 78.9 Å². The molecule has 2 saturated heterocycles. The van der Waals surface area contributed by atoms with Gasteiger partial charge in [0.05, 0.1) is 30.7 Å². The van der Waals surface area contributed by atoms with E-state index in [0.717, 1.165) is 0 Å². The number of cyclic esters (lactones) is 1. The molecule has 11 heteroatoms. The molecular weight excluding hydrogens is 622 g/mol. The van der Waals surface area contributed by atoms with E-state index in [0.29, 0.717) is 29.1 Å². The molecule has 248 valence electrons. The minimum absolute atomic E-state index is 0.0980. The quantitative estimate of drug-likeness (QED) is 0.379. The Morgan fingerprint density at radius 3 is 2.43 bits per heavy atom. The molecule has 4 heterocycles. The van der Waals surface area contributed by atoms with Gasteiger partial charge in [-0.15, -0.1) is 0 Å². The maximum Gasteiger partial charge on any atom is 0.313 e. The third kappa shape index (κ3) is 5.66. The molecule has 0 aliphatic carbocycles. The Kier molecular flexibility index (Phi) is 9.29. The molecule has 0 unspecified atom stereocenters. The molecule has 0 saturated carbocycles. The average molecular weight is 662 g/mol. The first-order chi connectivity index (χ1) is 22.6. The van der Waals surface area contributed by atoms with E-state index in [1.165, 1.54) is 4.90 Å². The summed E-state index contributed by atoms with van der Waals surface area (Å²) in [6.07, 6.45) is 6.33. The van der Waals surface area contributed by atoms with Gasteiger partial charge in [-0.2, -0.15) is 0 Å². The van der Waals surface area contributed by atoms with Crippen LogP contribution in [0.5, 0.6) is 0 Å². The van der Waals surface area contributed by atoms with Gasteiger partial charge in [-0.25, -0.2) is 0 Å². The van der Waals surface area contributed by atoms with E-state index in [1.807, 2.05) is 44.2 Å². The summed E-state index contributed by atoms with van der Waals surface area (Å²) in [5, 5.41) is 10.9. The number of ether oxygens (including phenoxy) is 2. The van der Waals surface area contributed by atoms with E-state index in [4.69, 9.17) is 21.1 Å². The second-order valence-electron chi connectivity index (χ2n) is 12.6. The Hall–Kier alpha value is -3.99. The molecule has 0 radical (unpaired) electrons. The number of halogens is 1. The van der Waals surface area contributed by atoms with E-state index >= 15 is 0 Å². The smallest absolute Gasteiger partial charge is 0.313 e. The Morgan fingerprint density at radius 1 is 1.02 bits per heavy atom. The van der Waals surface area contributed by atoms with Crippen molar-refractivity contribution < 1.29 is 33.8 Å². The minimum atomic E-state index is -1.52. The highest BCUT2D eigenvalue weighted by Crippen LogP contribution is 2.54. The van der Waals surface area contributed by atoms with Gasteiger partial charge < -0.3 is 29.3 Å². The van der Waals surface area contributed by atoms with Gasteiger partial charge in [0.25, 0.3) is 5.91 Å². The largest absolute Gasteiger partial charge is 0.455 e. The lowest BCUT2D eigenvalue weighted by molar-refractivity contribution is -0.164. The van der Waals surface area contributed by atoms with Crippen LogP contribution in [-0.2, 0) is 28.7 Å². The van der Waals surface area contributed by atoms with Gasteiger partial charge in [-0.1, -0.05) is 73.2 Å². The lowest BCUT2D eigenvalue weighted by Crippen LogP contribution is -2.58. The van der Waals surface area contributed by atoms with Crippen LogP contribution in [0.2, 0.25) is 5.02 Å². The Morgan fingerprint density at radius 2 is 1.74 bits per heavy atom. The van der Waals surface area contributed by atoms with Gasteiger partial charge in [-0.05, 0) is 49.6 Å². The molecule has 10 nitrogen and oxygen atoms in total. The van der Waals surface area contributed by atoms with Crippen molar-refractivity contribution in [1.82, 2.24) is 9.80 Å². The van der Waals surface area contributed by atoms with Crippen LogP contribution >= 0.6 is 11.6 Å². The Balaban J connectivity index is 1.47. The van der Waals surface area contributed by atoms with E-state index in [9.17, 15) is 24.3 Å². The van der Waals surface area contributed by atoms with E-state index in [1.54, 1.807) is 65.4 Å². The number of aliphatic hydroxyl groups excluding tert-OH is 1. The molecule has 6 rings (SSSR count). The number of carbonyl (C=O) groups is 4. The summed E-state index contributed by atoms with van der Waals surface area (Å²) in [5.74, 6) is -3.80. The molecule has 1 N–H and O–H groups in total. The van der Waals surface area contributed by atoms with Crippen LogP contribution in [0.1, 0.15) is 44.8 Å². The number of likely N-dealkylation sites (N-methyl/N-ethyl adjacent to an activating group) is 1. The number of anilines is 1. The van der Waals surface area contributed by atoms with Crippen molar-refractivity contribution in [3.63, 3.8) is 0 Å².